The highest BCUT2D eigenvalue weighted by Gasteiger charge is 2.13. The minimum atomic E-state index is -0.690. The molecular weight excluding hydrogens is 384 g/mol. The number of esters is 1. The van der Waals surface area contributed by atoms with Gasteiger partial charge >= 0.3 is 5.97 Å². The lowest BCUT2D eigenvalue weighted by Crippen LogP contribution is -2.34. The molecule has 0 saturated heterocycles. The predicted molar refractivity (Wildman–Crippen MR) is 113 cm³/mol. The Morgan fingerprint density at radius 2 is 1.63 bits per heavy atom. The fourth-order valence-corrected chi connectivity index (χ4v) is 2.73. The van der Waals surface area contributed by atoms with Crippen molar-refractivity contribution >= 4 is 17.8 Å². The SMILES string of the molecule is CCOc1ccc(C(=O)NCC(=O)OCC(=O)N[C@@H](C)c2ccc(CC)cc2)cc1. The number of nitrogens with one attached hydrogen (secondary N) is 2. The van der Waals surface area contributed by atoms with Crippen molar-refractivity contribution in [3.8, 4) is 5.75 Å². The molecule has 7 nitrogen and oxygen atoms in total. The third-order valence-electron chi connectivity index (χ3n) is 4.45. The van der Waals surface area contributed by atoms with Gasteiger partial charge in [0.1, 0.15) is 12.3 Å². The number of benzene rings is 2. The first-order valence-corrected chi connectivity index (χ1v) is 9.97. The monoisotopic (exact) mass is 412 g/mol. The second kappa shape index (κ2) is 11.6. The van der Waals surface area contributed by atoms with Crippen LogP contribution in [0.25, 0.3) is 0 Å². The summed E-state index contributed by atoms with van der Waals surface area (Å²) >= 11 is 0. The fourth-order valence-electron chi connectivity index (χ4n) is 2.73. The molecule has 2 N–H and O–H groups in total. The Morgan fingerprint density at radius 3 is 2.23 bits per heavy atom. The van der Waals surface area contributed by atoms with Gasteiger partial charge in [-0.1, -0.05) is 31.2 Å². The molecule has 0 fully saturated rings. The van der Waals surface area contributed by atoms with E-state index in [9.17, 15) is 14.4 Å². The lowest BCUT2D eigenvalue weighted by Gasteiger charge is -2.15. The van der Waals surface area contributed by atoms with Crippen LogP contribution in [0.5, 0.6) is 5.75 Å². The average Bonchev–Trinajstić information content (AvgIpc) is 2.76. The average molecular weight is 412 g/mol. The van der Waals surface area contributed by atoms with Gasteiger partial charge in [0.2, 0.25) is 0 Å². The first-order chi connectivity index (χ1) is 14.4. The molecule has 1 atom stereocenters. The highest BCUT2D eigenvalue weighted by molar-refractivity contribution is 5.96. The Kier molecular flexibility index (Phi) is 8.87. The quantitative estimate of drug-likeness (QED) is 0.586. The van der Waals surface area contributed by atoms with E-state index in [1.807, 2.05) is 38.1 Å². The van der Waals surface area contributed by atoms with Gasteiger partial charge in [-0.2, -0.15) is 0 Å². The highest BCUT2D eigenvalue weighted by atomic mass is 16.5. The van der Waals surface area contributed by atoms with Crippen molar-refractivity contribution in [2.75, 3.05) is 19.8 Å². The van der Waals surface area contributed by atoms with Crippen LogP contribution in [0, 0.1) is 0 Å². The number of amides is 2. The molecule has 0 bridgehead atoms. The van der Waals surface area contributed by atoms with Crippen molar-refractivity contribution in [2.45, 2.75) is 33.2 Å². The van der Waals surface area contributed by atoms with E-state index in [4.69, 9.17) is 9.47 Å². The maximum Gasteiger partial charge on any atom is 0.325 e. The number of hydrogen-bond acceptors (Lipinski definition) is 5. The summed E-state index contributed by atoms with van der Waals surface area (Å²) < 4.78 is 10.2. The summed E-state index contributed by atoms with van der Waals surface area (Å²) in [5.41, 5.74) is 2.58. The second-order valence-electron chi connectivity index (χ2n) is 6.69. The highest BCUT2D eigenvalue weighted by Crippen LogP contribution is 2.14. The van der Waals surface area contributed by atoms with Gasteiger partial charge in [0.15, 0.2) is 6.61 Å². The van der Waals surface area contributed by atoms with E-state index in [-0.39, 0.29) is 12.6 Å². The topological polar surface area (TPSA) is 93.7 Å². The molecule has 0 aliphatic carbocycles. The van der Waals surface area contributed by atoms with Crippen LogP contribution in [0.4, 0.5) is 0 Å². The lowest BCUT2D eigenvalue weighted by atomic mass is 10.1. The summed E-state index contributed by atoms with van der Waals surface area (Å²) in [5.74, 6) is -0.851. The molecule has 0 aromatic heterocycles. The van der Waals surface area contributed by atoms with E-state index >= 15 is 0 Å². The fraction of sp³-hybridized carbons (Fsp3) is 0.348. The van der Waals surface area contributed by atoms with Crippen LogP contribution in [-0.4, -0.2) is 37.5 Å². The molecule has 0 spiro atoms. The minimum Gasteiger partial charge on any atom is -0.494 e. The Morgan fingerprint density at radius 1 is 0.967 bits per heavy atom. The van der Waals surface area contributed by atoms with Gasteiger partial charge in [-0.25, -0.2) is 0 Å². The third-order valence-corrected chi connectivity index (χ3v) is 4.45. The predicted octanol–water partition coefficient (Wildman–Crippen LogP) is 2.80. The molecule has 7 heteroatoms. The van der Waals surface area contributed by atoms with Gasteiger partial charge in [0.05, 0.1) is 12.6 Å². The standard InChI is InChI=1S/C23H28N2O5/c1-4-17-6-8-18(9-7-17)16(3)25-21(26)15-30-22(27)14-24-23(28)19-10-12-20(13-11-19)29-5-2/h6-13,16H,4-5,14-15H2,1-3H3,(H,24,28)(H,25,26)/t16-/m0/s1. The van der Waals surface area contributed by atoms with E-state index in [0.717, 1.165) is 12.0 Å². The minimum absolute atomic E-state index is 0.207. The molecule has 0 saturated carbocycles. The smallest absolute Gasteiger partial charge is 0.325 e. The zero-order chi connectivity index (χ0) is 21.9. The van der Waals surface area contributed by atoms with Crippen molar-refractivity contribution in [2.24, 2.45) is 0 Å². The van der Waals surface area contributed by atoms with Crippen molar-refractivity contribution in [3.63, 3.8) is 0 Å². The van der Waals surface area contributed by atoms with Gasteiger partial charge in [-0.05, 0) is 55.7 Å². The largest absolute Gasteiger partial charge is 0.494 e. The number of carbonyl (C=O) groups is 3. The van der Waals surface area contributed by atoms with E-state index in [1.54, 1.807) is 24.3 Å². The van der Waals surface area contributed by atoms with Crippen LogP contribution < -0.4 is 15.4 Å². The summed E-state index contributed by atoms with van der Waals surface area (Å²) in [6, 6.07) is 14.3. The lowest BCUT2D eigenvalue weighted by molar-refractivity contribution is -0.147. The zero-order valence-electron chi connectivity index (χ0n) is 17.6. The van der Waals surface area contributed by atoms with E-state index in [2.05, 4.69) is 17.6 Å². The summed E-state index contributed by atoms with van der Waals surface area (Å²) in [7, 11) is 0. The van der Waals surface area contributed by atoms with Crippen LogP contribution in [0.15, 0.2) is 48.5 Å². The molecule has 0 aliphatic heterocycles. The van der Waals surface area contributed by atoms with Gasteiger partial charge in [-0.3, -0.25) is 14.4 Å². The number of carbonyl (C=O) groups excluding carboxylic acids is 3. The first kappa shape index (κ1) is 22.9. The maximum absolute atomic E-state index is 12.1. The number of rotatable bonds is 10. The summed E-state index contributed by atoms with van der Waals surface area (Å²) in [4.78, 5) is 35.9. The van der Waals surface area contributed by atoms with Gasteiger partial charge in [0.25, 0.3) is 11.8 Å². The van der Waals surface area contributed by atoms with Crippen LogP contribution in [0.3, 0.4) is 0 Å². The zero-order valence-corrected chi connectivity index (χ0v) is 17.6. The van der Waals surface area contributed by atoms with Crippen molar-refractivity contribution < 1.29 is 23.9 Å². The summed E-state index contributed by atoms with van der Waals surface area (Å²) in [6.07, 6.45) is 0.950. The summed E-state index contributed by atoms with van der Waals surface area (Å²) in [6.45, 7) is 5.61. The molecule has 2 amide bonds. The second-order valence-corrected chi connectivity index (χ2v) is 6.69. The van der Waals surface area contributed by atoms with Crippen LogP contribution >= 0.6 is 0 Å². The molecule has 0 unspecified atom stereocenters. The van der Waals surface area contributed by atoms with E-state index < -0.39 is 24.4 Å². The summed E-state index contributed by atoms with van der Waals surface area (Å²) in [5, 5.41) is 5.25. The van der Waals surface area contributed by atoms with Crippen LogP contribution in [0.2, 0.25) is 0 Å². The number of ether oxygens (including phenoxy) is 2. The normalized spacial score (nSPS) is 11.3. The van der Waals surface area contributed by atoms with E-state index in [0.29, 0.717) is 17.9 Å². The molecule has 2 aromatic carbocycles. The van der Waals surface area contributed by atoms with Gasteiger partial charge in [0, 0.05) is 5.56 Å². The Hall–Kier alpha value is -3.35. The molecule has 2 aromatic rings. The molecule has 30 heavy (non-hydrogen) atoms. The number of aryl methyl sites for hydroxylation is 1. The van der Waals surface area contributed by atoms with Gasteiger partial charge in [-0.15, -0.1) is 0 Å². The Balaban J connectivity index is 1.71. The maximum atomic E-state index is 12.1. The number of hydrogen-bond donors (Lipinski definition) is 2. The molecular formula is C23H28N2O5. The Bertz CT molecular complexity index is 847. The van der Waals surface area contributed by atoms with Crippen molar-refractivity contribution in [1.29, 1.82) is 0 Å². The van der Waals surface area contributed by atoms with Crippen LogP contribution in [-0.2, 0) is 20.7 Å². The van der Waals surface area contributed by atoms with Gasteiger partial charge < -0.3 is 20.1 Å². The van der Waals surface area contributed by atoms with Crippen LogP contribution in [0.1, 0.15) is 48.3 Å². The Labute approximate surface area is 176 Å². The first-order valence-electron chi connectivity index (χ1n) is 9.97. The molecule has 0 aliphatic rings. The molecule has 0 radical (unpaired) electrons. The third kappa shape index (κ3) is 7.24. The molecule has 0 heterocycles. The molecule has 2 rings (SSSR count). The van der Waals surface area contributed by atoms with Crippen molar-refractivity contribution in [1.82, 2.24) is 10.6 Å². The van der Waals surface area contributed by atoms with Crippen molar-refractivity contribution in [3.05, 3.63) is 65.2 Å². The van der Waals surface area contributed by atoms with E-state index in [1.165, 1.54) is 5.56 Å². The molecule has 160 valence electrons.